The fourth-order valence-corrected chi connectivity index (χ4v) is 8.75. The van der Waals surface area contributed by atoms with Crippen LogP contribution in [0.4, 0.5) is 31.8 Å². The normalized spacial score (nSPS) is 15.6. The lowest BCUT2D eigenvalue weighted by molar-refractivity contribution is 0.102. The molecule has 0 aliphatic carbocycles. The number of nitrogens with zero attached hydrogens (tertiary/aromatic N) is 7. The molecule has 14 nitrogen and oxygen atoms in total. The van der Waals surface area contributed by atoms with Crippen molar-refractivity contribution in [3.05, 3.63) is 108 Å². The highest BCUT2D eigenvalue weighted by Crippen LogP contribution is 2.37. The highest BCUT2D eigenvalue weighted by molar-refractivity contribution is 7.88. The van der Waals surface area contributed by atoms with E-state index in [0.717, 1.165) is 56.8 Å². The molecule has 0 spiro atoms. The Labute approximate surface area is 346 Å². The van der Waals surface area contributed by atoms with E-state index in [9.17, 15) is 22.0 Å². The summed E-state index contributed by atoms with van der Waals surface area (Å²) >= 11 is 0. The van der Waals surface area contributed by atoms with Crippen LogP contribution >= 0.6 is 0 Å². The molecule has 0 atom stereocenters. The second-order valence-electron chi connectivity index (χ2n) is 14.6. The Balaban J connectivity index is 1.04. The molecule has 0 unspecified atom stereocenters. The summed E-state index contributed by atoms with van der Waals surface area (Å²) < 4.78 is 68.0. The molecule has 3 aromatic heterocycles. The van der Waals surface area contributed by atoms with Crippen molar-refractivity contribution >= 4 is 44.6 Å². The van der Waals surface area contributed by atoms with Crippen molar-refractivity contribution in [2.45, 2.75) is 25.8 Å². The number of amides is 1. The third kappa shape index (κ3) is 8.46. The number of sulfonamides is 1. The van der Waals surface area contributed by atoms with Crippen LogP contribution in [0.25, 0.3) is 28.3 Å². The van der Waals surface area contributed by atoms with Crippen molar-refractivity contribution in [2.24, 2.45) is 0 Å². The lowest BCUT2D eigenvalue weighted by atomic mass is 10.0. The fourth-order valence-electron chi connectivity index (χ4n) is 7.92. The van der Waals surface area contributed by atoms with E-state index in [1.54, 1.807) is 34.8 Å². The number of piperazine rings is 1. The number of methoxy groups -OCH3 is 1. The minimum Gasteiger partial charge on any atom is -0.496 e. The topological polar surface area (TPSA) is 147 Å². The van der Waals surface area contributed by atoms with Gasteiger partial charge in [0.1, 0.15) is 34.5 Å². The van der Waals surface area contributed by atoms with E-state index in [1.807, 2.05) is 47.9 Å². The van der Waals surface area contributed by atoms with E-state index < -0.39 is 33.3 Å². The van der Waals surface area contributed by atoms with E-state index in [-0.39, 0.29) is 11.3 Å². The summed E-state index contributed by atoms with van der Waals surface area (Å²) in [5.41, 5.74) is 4.03. The van der Waals surface area contributed by atoms with Gasteiger partial charge in [0.05, 0.1) is 48.3 Å². The van der Waals surface area contributed by atoms with Gasteiger partial charge >= 0.3 is 0 Å². The number of pyridine rings is 1. The Kier molecular flexibility index (Phi) is 11.6. The van der Waals surface area contributed by atoms with Crippen molar-refractivity contribution in [3.63, 3.8) is 0 Å². The lowest BCUT2D eigenvalue weighted by Crippen LogP contribution is -2.54. The summed E-state index contributed by atoms with van der Waals surface area (Å²) in [4.78, 5) is 32.7. The van der Waals surface area contributed by atoms with Crippen molar-refractivity contribution in [1.29, 1.82) is 0 Å². The first-order chi connectivity index (χ1) is 29.0. The third-order valence-electron chi connectivity index (χ3n) is 10.9. The zero-order valence-electron chi connectivity index (χ0n) is 33.4. The van der Waals surface area contributed by atoms with Crippen LogP contribution in [-0.2, 0) is 10.0 Å². The lowest BCUT2D eigenvalue weighted by Gasteiger charge is -2.42. The maximum absolute atomic E-state index is 14.5. The number of rotatable bonds is 12. The van der Waals surface area contributed by atoms with Crippen molar-refractivity contribution in [1.82, 2.24) is 28.6 Å². The zero-order chi connectivity index (χ0) is 42.0. The average Bonchev–Trinajstić information content (AvgIpc) is 3.65. The smallest absolute Gasteiger partial charge is 0.259 e. The van der Waals surface area contributed by atoms with Gasteiger partial charge in [0.2, 0.25) is 16.0 Å². The fraction of sp³-hybridized carbons (Fsp3) is 0.302. The van der Waals surface area contributed by atoms with Gasteiger partial charge in [-0.2, -0.15) is 4.31 Å². The van der Waals surface area contributed by atoms with Crippen LogP contribution in [0.15, 0.2) is 91.3 Å². The predicted molar refractivity (Wildman–Crippen MR) is 227 cm³/mol. The molecule has 0 saturated carbocycles. The first-order valence-electron chi connectivity index (χ1n) is 19.7. The number of ether oxygens (including phenoxy) is 2. The number of carbonyl (C=O) groups excluding carboxylic acids is 1. The number of hydrogen-bond donors (Lipinski definition) is 2. The molecule has 2 fully saturated rings. The number of imidazole rings is 1. The number of piperidine rings is 1. The molecule has 8 rings (SSSR count). The number of nitrogens with one attached hydrogen (secondary N) is 2. The van der Waals surface area contributed by atoms with Gasteiger partial charge in [-0.1, -0.05) is 12.1 Å². The number of fused-ring (bicyclic) bond motifs is 1. The molecule has 3 aromatic carbocycles. The maximum Gasteiger partial charge on any atom is 0.259 e. The van der Waals surface area contributed by atoms with Gasteiger partial charge in [0, 0.05) is 75.0 Å². The summed E-state index contributed by atoms with van der Waals surface area (Å²) in [6.45, 7) is 6.68. The van der Waals surface area contributed by atoms with Crippen LogP contribution < -0.4 is 25.0 Å². The Morgan fingerprint density at radius 1 is 0.883 bits per heavy atom. The molecule has 6 aromatic rings. The van der Waals surface area contributed by atoms with E-state index in [4.69, 9.17) is 19.4 Å². The molecule has 17 heteroatoms. The molecule has 2 saturated heterocycles. The first kappa shape index (κ1) is 40.6. The van der Waals surface area contributed by atoms with Crippen molar-refractivity contribution < 1.29 is 31.5 Å². The Bertz CT molecular complexity index is 2630. The van der Waals surface area contributed by atoms with Gasteiger partial charge in [-0.25, -0.2) is 32.2 Å². The average molecular weight is 838 g/mol. The predicted octanol–water partition coefficient (Wildman–Crippen LogP) is 6.69. The van der Waals surface area contributed by atoms with E-state index >= 15 is 0 Å². The molecule has 2 N–H and O–H groups in total. The van der Waals surface area contributed by atoms with Crippen molar-refractivity contribution in [3.8, 4) is 34.1 Å². The van der Waals surface area contributed by atoms with Crippen LogP contribution in [0.1, 0.15) is 30.1 Å². The summed E-state index contributed by atoms with van der Waals surface area (Å²) in [5, 5.41) is 5.70. The Morgan fingerprint density at radius 2 is 1.65 bits per heavy atom. The highest BCUT2D eigenvalue weighted by Gasteiger charge is 2.30. The second-order valence-corrected chi connectivity index (χ2v) is 16.6. The maximum atomic E-state index is 14.5. The van der Waals surface area contributed by atoms with Gasteiger partial charge < -0.3 is 25.0 Å². The minimum absolute atomic E-state index is 0.0481. The zero-order valence-corrected chi connectivity index (χ0v) is 34.3. The van der Waals surface area contributed by atoms with Crippen LogP contribution in [0.2, 0.25) is 0 Å². The summed E-state index contributed by atoms with van der Waals surface area (Å²) in [6.07, 6.45) is 6.74. The third-order valence-corrected chi connectivity index (χ3v) is 12.2. The quantitative estimate of drug-likeness (QED) is 0.136. The number of carbonyl (C=O) groups is 1. The molecular formula is C43H45F2N9O5S. The first-order valence-corrected chi connectivity index (χ1v) is 21.6. The van der Waals surface area contributed by atoms with E-state index in [0.29, 0.717) is 71.4 Å². The molecule has 0 bridgehead atoms. The van der Waals surface area contributed by atoms with Crippen molar-refractivity contribution in [2.75, 3.05) is 74.8 Å². The largest absolute Gasteiger partial charge is 0.496 e. The number of aromatic nitrogens is 4. The number of anilines is 4. The van der Waals surface area contributed by atoms with Crippen LogP contribution in [0.5, 0.6) is 11.5 Å². The Hall–Kier alpha value is -6.17. The summed E-state index contributed by atoms with van der Waals surface area (Å²) in [7, 11) is -1.76. The van der Waals surface area contributed by atoms with Gasteiger partial charge in [-0.15, -0.1) is 0 Å². The highest BCUT2D eigenvalue weighted by atomic mass is 32.2. The molecule has 1 amide bonds. The SMILES string of the molecule is CCOc1cc(N2CCC(N3CCN(S(C)(=O)=O)CC3)CC2)ccc1Nc1nccc(-c2c(-c3ccc(OC)c(C(=O)Nc4c(F)cccc4F)c3)nc3ccccn23)n1. The number of halogens is 2. The number of para-hydroxylation sites is 1. The molecule has 0 radical (unpaired) electrons. The summed E-state index contributed by atoms with van der Waals surface area (Å²) in [5.74, 6) is -1.41. The van der Waals surface area contributed by atoms with Gasteiger partial charge in [-0.05, 0) is 80.4 Å². The standard InChI is InChI=1S/C43H45F2N9O5S/c1-4-59-37-27-30(51-20-16-29(17-21-51)52-22-24-53(25-23-52)60(3,56)57)12-13-34(37)47-43-46-18-15-35(48-43)41-39(49-38-10-5-6-19-54(38)41)28-11-14-36(58-2)31(26-28)42(55)50-40-32(44)8-7-9-33(40)45/h5-15,18-19,26-27,29H,4,16-17,20-25H2,1-3H3,(H,50,55)(H,46,47,48). The van der Waals surface area contributed by atoms with Gasteiger partial charge in [-0.3, -0.25) is 14.1 Å². The molecule has 2 aliphatic rings. The molecule has 5 heterocycles. The van der Waals surface area contributed by atoms with Crippen LogP contribution in [-0.4, -0.2) is 108 Å². The number of hydrogen-bond acceptors (Lipinski definition) is 11. The minimum atomic E-state index is -3.17. The van der Waals surface area contributed by atoms with Gasteiger partial charge in [0.15, 0.2) is 0 Å². The molecule has 2 aliphatic heterocycles. The monoisotopic (exact) mass is 837 g/mol. The van der Waals surface area contributed by atoms with Crippen LogP contribution in [0.3, 0.4) is 0 Å². The van der Waals surface area contributed by atoms with E-state index in [1.165, 1.54) is 19.4 Å². The summed E-state index contributed by atoms with van der Waals surface area (Å²) in [6, 6.07) is 22.1. The Morgan fingerprint density at radius 3 is 2.37 bits per heavy atom. The molecule has 312 valence electrons. The molecular weight excluding hydrogens is 793 g/mol. The van der Waals surface area contributed by atoms with Crippen LogP contribution in [0, 0.1) is 11.6 Å². The number of benzene rings is 3. The molecule has 60 heavy (non-hydrogen) atoms. The van der Waals surface area contributed by atoms with Gasteiger partial charge in [0.25, 0.3) is 5.91 Å². The second kappa shape index (κ2) is 17.2. The van der Waals surface area contributed by atoms with E-state index in [2.05, 4.69) is 31.5 Å².